The highest BCUT2D eigenvalue weighted by molar-refractivity contribution is 7.52. The molecule has 4 rings (SSSR count). The third kappa shape index (κ3) is 6.20. The van der Waals surface area contributed by atoms with Gasteiger partial charge in [-0.15, -0.1) is 11.6 Å². The SMILES string of the molecule is CC(C)OC(=O)[C@H](C)N[P@@](=O)(OC[C@H]1O[C@@H](n2cnc3c(N)ncnc32)[C@@H](Cl)[C@@H]1O)Oc1ccccc1. The number of halogens is 1. The van der Waals surface area contributed by atoms with Gasteiger partial charge in [-0.3, -0.25) is 13.9 Å². The molecule has 0 unspecified atom stereocenters. The maximum Gasteiger partial charge on any atom is 0.459 e. The van der Waals surface area contributed by atoms with Crippen molar-refractivity contribution >= 4 is 42.3 Å². The summed E-state index contributed by atoms with van der Waals surface area (Å²) in [7, 11) is -4.16. The van der Waals surface area contributed by atoms with Crippen molar-refractivity contribution < 1.29 is 33.0 Å². The number of nitrogen functional groups attached to an aromatic ring is 1. The van der Waals surface area contributed by atoms with Gasteiger partial charge in [0.25, 0.3) is 0 Å². The van der Waals surface area contributed by atoms with Gasteiger partial charge in [0, 0.05) is 0 Å². The molecule has 0 saturated carbocycles. The molecule has 13 nitrogen and oxygen atoms in total. The summed E-state index contributed by atoms with van der Waals surface area (Å²) in [4.78, 5) is 24.6. The number of para-hydroxylation sites is 1. The van der Waals surface area contributed by atoms with Gasteiger partial charge in [0.2, 0.25) is 0 Å². The highest BCUT2D eigenvalue weighted by Crippen LogP contribution is 2.46. The van der Waals surface area contributed by atoms with E-state index in [4.69, 9.17) is 35.9 Å². The topological polar surface area (TPSA) is 173 Å². The van der Waals surface area contributed by atoms with Gasteiger partial charge in [-0.2, -0.15) is 5.09 Å². The number of hydrogen-bond acceptors (Lipinski definition) is 11. The average Bonchev–Trinajstić information content (AvgIpc) is 3.40. The van der Waals surface area contributed by atoms with E-state index in [0.717, 1.165) is 0 Å². The smallest absolute Gasteiger partial charge is 0.459 e. The molecule has 4 N–H and O–H groups in total. The summed E-state index contributed by atoms with van der Waals surface area (Å²) in [6, 6.07) is 7.28. The van der Waals surface area contributed by atoms with Crippen LogP contribution in [0.3, 0.4) is 0 Å². The number of benzene rings is 1. The van der Waals surface area contributed by atoms with Crippen molar-refractivity contribution in [1.29, 1.82) is 0 Å². The largest absolute Gasteiger partial charge is 0.462 e. The molecule has 0 radical (unpaired) electrons. The molecule has 37 heavy (non-hydrogen) atoms. The maximum atomic E-state index is 13.7. The van der Waals surface area contributed by atoms with Gasteiger partial charge >= 0.3 is 13.7 Å². The first-order valence-electron chi connectivity index (χ1n) is 11.5. The number of aliphatic hydroxyl groups excluding tert-OH is 1. The zero-order valence-electron chi connectivity index (χ0n) is 20.3. The third-order valence-corrected chi connectivity index (χ3v) is 7.51. The Morgan fingerprint density at radius 1 is 1.27 bits per heavy atom. The molecule has 3 aromatic rings. The summed E-state index contributed by atoms with van der Waals surface area (Å²) >= 11 is 6.48. The maximum absolute atomic E-state index is 13.7. The van der Waals surface area contributed by atoms with Gasteiger partial charge in [-0.1, -0.05) is 18.2 Å². The molecular formula is C22H28ClN6O7P. The van der Waals surface area contributed by atoms with E-state index < -0.39 is 43.6 Å². The van der Waals surface area contributed by atoms with Gasteiger partial charge in [0.1, 0.15) is 41.2 Å². The number of rotatable bonds is 10. The van der Waals surface area contributed by atoms with Crippen LogP contribution >= 0.6 is 19.3 Å². The molecular weight excluding hydrogens is 527 g/mol. The van der Waals surface area contributed by atoms with Gasteiger partial charge in [-0.05, 0) is 32.9 Å². The van der Waals surface area contributed by atoms with Crippen LogP contribution in [0, 0.1) is 0 Å². The number of anilines is 1. The molecule has 0 aliphatic carbocycles. The fourth-order valence-electron chi connectivity index (χ4n) is 3.63. The molecule has 2 aromatic heterocycles. The summed E-state index contributed by atoms with van der Waals surface area (Å²) in [6.45, 7) is 4.48. The standard InChI is InChI=1S/C22H28ClN6O7P/c1-12(2)34-22(31)13(3)28-37(32,36-14-7-5-4-6-8-14)33-9-15-18(30)16(23)21(35-15)29-11-27-17-19(24)25-10-26-20(17)29/h4-8,10-13,15-16,18,21,30H,9H2,1-3H3,(H,28,32)(H2,24,25,26)/t13-,15+,16-,18+,21+,37+/m0/s1. The average molecular weight is 555 g/mol. The number of alkyl halides is 1. The Morgan fingerprint density at radius 3 is 2.70 bits per heavy atom. The normalized spacial score (nSPS) is 24.2. The van der Waals surface area contributed by atoms with Crippen LogP contribution in [0.2, 0.25) is 0 Å². The molecule has 1 saturated heterocycles. The number of carbonyl (C=O) groups is 1. The van der Waals surface area contributed by atoms with Crippen molar-refractivity contribution in [2.24, 2.45) is 0 Å². The van der Waals surface area contributed by atoms with Crippen LogP contribution in [-0.4, -0.2) is 66.9 Å². The zero-order chi connectivity index (χ0) is 26.7. The molecule has 0 spiro atoms. The van der Waals surface area contributed by atoms with E-state index in [1.807, 2.05) is 0 Å². The Kier molecular flexibility index (Phi) is 8.32. The lowest BCUT2D eigenvalue weighted by molar-refractivity contribution is -0.149. The van der Waals surface area contributed by atoms with Gasteiger partial charge in [0.05, 0.1) is 19.0 Å². The van der Waals surface area contributed by atoms with E-state index >= 15 is 0 Å². The lowest BCUT2D eigenvalue weighted by Gasteiger charge is -2.25. The van der Waals surface area contributed by atoms with E-state index in [-0.39, 0.29) is 24.3 Å². The second-order valence-corrected chi connectivity index (χ2v) is 10.8. The van der Waals surface area contributed by atoms with E-state index in [1.54, 1.807) is 44.2 Å². The number of nitrogens with two attached hydrogens (primary N) is 1. The van der Waals surface area contributed by atoms with Crippen molar-refractivity contribution in [2.75, 3.05) is 12.3 Å². The number of aromatic nitrogens is 4. The van der Waals surface area contributed by atoms with E-state index in [2.05, 4.69) is 20.0 Å². The molecule has 3 heterocycles. The minimum Gasteiger partial charge on any atom is -0.462 e. The van der Waals surface area contributed by atoms with E-state index in [0.29, 0.717) is 11.2 Å². The fourth-order valence-corrected chi connectivity index (χ4v) is 5.47. The number of ether oxygens (including phenoxy) is 2. The number of fused-ring (bicyclic) bond motifs is 1. The van der Waals surface area contributed by atoms with Crippen molar-refractivity contribution in [3.63, 3.8) is 0 Å². The van der Waals surface area contributed by atoms with E-state index in [9.17, 15) is 14.5 Å². The molecule has 6 atom stereocenters. The number of nitrogens with zero attached hydrogens (tertiary/aromatic N) is 4. The first kappa shape index (κ1) is 27.2. The number of aliphatic hydroxyl groups is 1. The molecule has 1 aromatic carbocycles. The predicted octanol–water partition coefficient (Wildman–Crippen LogP) is 2.41. The summed E-state index contributed by atoms with van der Waals surface area (Å²) in [5, 5.41) is 12.4. The van der Waals surface area contributed by atoms with Gasteiger partial charge < -0.3 is 24.8 Å². The third-order valence-electron chi connectivity index (χ3n) is 5.39. The molecule has 0 amide bonds. The van der Waals surface area contributed by atoms with E-state index in [1.165, 1.54) is 24.1 Å². The first-order chi connectivity index (χ1) is 17.6. The van der Waals surface area contributed by atoms with Crippen LogP contribution in [0.1, 0.15) is 27.0 Å². The Hall–Kier alpha value is -2.80. The number of imidazole rings is 1. The quantitative estimate of drug-likeness (QED) is 0.190. The van der Waals surface area contributed by atoms with Crippen molar-refractivity contribution in [1.82, 2.24) is 24.6 Å². The van der Waals surface area contributed by atoms with Crippen molar-refractivity contribution in [3.05, 3.63) is 43.0 Å². The highest BCUT2D eigenvalue weighted by atomic mass is 35.5. The fraction of sp³-hybridized carbons (Fsp3) is 0.455. The molecule has 1 aliphatic heterocycles. The van der Waals surface area contributed by atoms with Crippen LogP contribution in [0.5, 0.6) is 5.75 Å². The molecule has 15 heteroatoms. The summed E-state index contributed by atoms with van der Waals surface area (Å²) in [5.74, 6) is -0.212. The van der Waals surface area contributed by atoms with Crippen LogP contribution < -0.4 is 15.3 Å². The Morgan fingerprint density at radius 2 is 2.00 bits per heavy atom. The second kappa shape index (κ2) is 11.3. The lowest BCUT2D eigenvalue weighted by atomic mass is 10.2. The summed E-state index contributed by atoms with van der Waals surface area (Å²) in [6.07, 6.45) is -0.759. The number of carbonyl (C=O) groups excluding carboxylic acids is 1. The number of nitrogens with one attached hydrogen (secondary N) is 1. The Bertz CT molecular complexity index is 1280. The predicted molar refractivity (Wildman–Crippen MR) is 134 cm³/mol. The molecule has 200 valence electrons. The minimum atomic E-state index is -4.16. The number of hydrogen-bond donors (Lipinski definition) is 3. The lowest BCUT2D eigenvalue weighted by Crippen LogP contribution is -2.37. The summed E-state index contributed by atoms with van der Waals surface area (Å²) in [5.41, 5.74) is 6.58. The van der Waals surface area contributed by atoms with Crippen molar-refractivity contribution in [2.45, 2.75) is 56.7 Å². The second-order valence-electron chi connectivity index (χ2n) is 8.62. The highest BCUT2D eigenvalue weighted by Gasteiger charge is 2.46. The van der Waals surface area contributed by atoms with Crippen LogP contribution in [0.15, 0.2) is 43.0 Å². The molecule has 1 fully saturated rings. The molecule has 1 aliphatic rings. The monoisotopic (exact) mass is 554 g/mol. The zero-order valence-corrected chi connectivity index (χ0v) is 22.0. The van der Waals surface area contributed by atoms with Crippen LogP contribution in [0.25, 0.3) is 11.2 Å². The van der Waals surface area contributed by atoms with Gasteiger partial charge in [0.15, 0.2) is 17.7 Å². The van der Waals surface area contributed by atoms with Gasteiger partial charge in [-0.25, -0.2) is 19.5 Å². The summed E-state index contributed by atoms with van der Waals surface area (Å²) < 4.78 is 37.6. The van der Waals surface area contributed by atoms with Crippen molar-refractivity contribution in [3.8, 4) is 5.75 Å². The Labute approximate surface area is 217 Å². The van der Waals surface area contributed by atoms with Crippen LogP contribution in [-0.2, 0) is 23.4 Å². The Balaban J connectivity index is 1.50. The number of esters is 1. The first-order valence-corrected chi connectivity index (χ1v) is 13.4. The minimum absolute atomic E-state index is 0.184. The van der Waals surface area contributed by atoms with Crippen LogP contribution in [0.4, 0.5) is 5.82 Å². The molecule has 0 bridgehead atoms.